The fourth-order valence-electron chi connectivity index (χ4n) is 3.22. The maximum Gasteiger partial charge on any atom is 0.315 e. The lowest BCUT2D eigenvalue weighted by atomic mass is 9.63. The molecule has 0 aromatic carbocycles. The van der Waals surface area contributed by atoms with Gasteiger partial charge >= 0.3 is 5.97 Å². The van der Waals surface area contributed by atoms with Crippen LogP contribution in [0.1, 0.15) is 45.4 Å². The van der Waals surface area contributed by atoms with Crippen LogP contribution < -0.4 is 0 Å². The first kappa shape index (κ1) is 12.8. The van der Waals surface area contributed by atoms with Crippen molar-refractivity contribution in [3.8, 4) is 0 Å². The summed E-state index contributed by atoms with van der Waals surface area (Å²) in [4.78, 5) is 12.3. The molecule has 0 radical (unpaired) electrons. The van der Waals surface area contributed by atoms with Gasteiger partial charge in [-0.15, -0.1) is 0 Å². The monoisotopic (exact) mass is 242 g/mol. The van der Waals surface area contributed by atoms with Crippen LogP contribution in [0.3, 0.4) is 0 Å². The Labute approximate surface area is 102 Å². The highest BCUT2D eigenvalue weighted by atomic mass is 16.5. The van der Waals surface area contributed by atoms with Crippen LogP contribution in [0.5, 0.6) is 0 Å². The van der Waals surface area contributed by atoms with Gasteiger partial charge in [-0.3, -0.25) is 4.79 Å². The van der Waals surface area contributed by atoms with Gasteiger partial charge in [-0.25, -0.2) is 0 Å². The van der Waals surface area contributed by atoms with Crippen molar-refractivity contribution >= 4 is 5.97 Å². The third kappa shape index (κ3) is 2.08. The van der Waals surface area contributed by atoms with Crippen molar-refractivity contribution in [2.45, 2.75) is 51.0 Å². The fraction of sp³-hybridized carbons (Fsp3) is 0.923. The topological polar surface area (TPSA) is 55.8 Å². The van der Waals surface area contributed by atoms with Crippen LogP contribution in [0.15, 0.2) is 0 Å². The molecule has 1 atom stereocenters. The van der Waals surface area contributed by atoms with Gasteiger partial charge in [0, 0.05) is 13.0 Å². The minimum atomic E-state index is -1.01. The van der Waals surface area contributed by atoms with Crippen LogP contribution in [0.25, 0.3) is 0 Å². The molecule has 98 valence electrons. The first-order chi connectivity index (χ1) is 8.15. The summed E-state index contributed by atoms with van der Waals surface area (Å²) in [6.07, 6.45) is 5.11. The number of carbonyl (C=O) groups is 1. The quantitative estimate of drug-likeness (QED) is 0.765. The van der Waals surface area contributed by atoms with E-state index < -0.39 is 11.0 Å². The molecular formula is C13H22O4. The maximum atomic E-state index is 12.3. The number of carbonyl (C=O) groups excluding carboxylic acids is 1. The second kappa shape index (κ2) is 4.94. The van der Waals surface area contributed by atoms with Gasteiger partial charge in [-0.2, -0.15) is 0 Å². The van der Waals surface area contributed by atoms with Gasteiger partial charge in [-0.1, -0.05) is 19.3 Å². The van der Waals surface area contributed by atoms with Crippen LogP contribution in [0.4, 0.5) is 0 Å². The standard InChI is InChI=1S/C13H22O4/c1-2-17-11(14)12(6-4-3-5-7-12)13(15)8-9-16-10-13/h15H,2-10H2,1H3. The maximum absolute atomic E-state index is 12.3. The first-order valence-electron chi connectivity index (χ1n) is 6.62. The summed E-state index contributed by atoms with van der Waals surface area (Å²) in [5.41, 5.74) is -1.74. The third-order valence-corrected chi connectivity index (χ3v) is 4.26. The summed E-state index contributed by atoms with van der Waals surface area (Å²) < 4.78 is 10.5. The summed E-state index contributed by atoms with van der Waals surface area (Å²) in [5.74, 6) is -0.229. The average molecular weight is 242 g/mol. The van der Waals surface area contributed by atoms with E-state index in [-0.39, 0.29) is 12.6 Å². The van der Waals surface area contributed by atoms with Crippen LogP contribution >= 0.6 is 0 Å². The summed E-state index contributed by atoms with van der Waals surface area (Å²) in [5, 5.41) is 10.7. The van der Waals surface area contributed by atoms with E-state index in [9.17, 15) is 9.90 Å². The van der Waals surface area contributed by atoms with Crippen LogP contribution in [-0.4, -0.2) is 36.5 Å². The number of rotatable bonds is 3. The number of hydrogen-bond donors (Lipinski definition) is 1. The van der Waals surface area contributed by atoms with Gasteiger partial charge < -0.3 is 14.6 Å². The van der Waals surface area contributed by atoms with Gasteiger partial charge in [0.05, 0.1) is 18.6 Å². The zero-order chi connectivity index (χ0) is 12.4. The first-order valence-corrected chi connectivity index (χ1v) is 6.62. The molecule has 17 heavy (non-hydrogen) atoms. The van der Waals surface area contributed by atoms with E-state index in [2.05, 4.69) is 0 Å². The van der Waals surface area contributed by atoms with Gasteiger partial charge in [-0.05, 0) is 19.8 Å². The molecule has 1 aliphatic carbocycles. The molecule has 1 saturated heterocycles. The summed E-state index contributed by atoms with van der Waals surface area (Å²) in [7, 11) is 0. The molecule has 0 aromatic rings. The predicted molar refractivity (Wildman–Crippen MR) is 62.5 cm³/mol. The van der Waals surface area contributed by atoms with E-state index in [0.29, 0.717) is 19.6 Å². The lowest BCUT2D eigenvalue weighted by Crippen LogP contribution is -2.55. The molecule has 0 spiro atoms. The Morgan fingerprint density at radius 2 is 2.00 bits per heavy atom. The normalized spacial score (nSPS) is 32.4. The Balaban J connectivity index is 2.25. The Morgan fingerprint density at radius 1 is 1.29 bits per heavy atom. The molecule has 0 bridgehead atoms. The van der Waals surface area contributed by atoms with E-state index in [1.165, 1.54) is 0 Å². The van der Waals surface area contributed by atoms with Gasteiger partial charge in [0.2, 0.25) is 0 Å². The highest BCUT2D eigenvalue weighted by molar-refractivity contribution is 5.78. The Bertz CT molecular complexity index is 275. The summed E-state index contributed by atoms with van der Waals surface area (Å²) in [6, 6.07) is 0. The molecule has 4 heteroatoms. The van der Waals surface area contributed by atoms with Crippen LogP contribution in [-0.2, 0) is 14.3 Å². The van der Waals surface area contributed by atoms with Crippen molar-refractivity contribution in [1.29, 1.82) is 0 Å². The highest BCUT2D eigenvalue weighted by Gasteiger charge is 2.58. The smallest absolute Gasteiger partial charge is 0.315 e. The van der Waals surface area contributed by atoms with E-state index in [0.717, 1.165) is 32.1 Å². The minimum Gasteiger partial charge on any atom is -0.465 e. The van der Waals surface area contributed by atoms with E-state index >= 15 is 0 Å². The molecule has 0 aromatic heterocycles. The lowest BCUT2D eigenvalue weighted by molar-refractivity contribution is -0.181. The zero-order valence-electron chi connectivity index (χ0n) is 10.5. The number of aliphatic hydroxyl groups is 1. The molecule has 1 heterocycles. The number of esters is 1. The van der Waals surface area contributed by atoms with Crippen molar-refractivity contribution in [2.24, 2.45) is 5.41 Å². The second-order valence-electron chi connectivity index (χ2n) is 5.20. The van der Waals surface area contributed by atoms with Crippen molar-refractivity contribution in [3.05, 3.63) is 0 Å². The van der Waals surface area contributed by atoms with E-state index in [1.54, 1.807) is 0 Å². The number of ether oxygens (including phenoxy) is 2. The molecule has 1 N–H and O–H groups in total. The van der Waals surface area contributed by atoms with Crippen molar-refractivity contribution in [2.75, 3.05) is 19.8 Å². The minimum absolute atomic E-state index is 0.229. The van der Waals surface area contributed by atoms with Crippen LogP contribution in [0, 0.1) is 5.41 Å². The largest absolute Gasteiger partial charge is 0.465 e. The Hall–Kier alpha value is -0.610. The van der Waals surface area contributed by atoms with Gasteiger partial charge in [0.15, 0.2) is 0 Å². The molecule has 4 nitrogen and oxygen atoms in total. The molecule has 2 fully saturated rings. The van der Waals surface area contributed by atoms with E-state index in [4.69, 9.17) is 9.47 Å². The lowest BCUT2D eigenvalue weighted by Gasteiger charge is -2.44. The molecular weight excluding hydrogens is 220 g/mol. The van der Waals surface area contributed by atoms with E-state index in [1.807, 2.05) is 6.92 Å². The summed E-state index contributed by atoms with van der Waals surface area (Å²) >= 11 is 0. The van der Waals surface area contributed by atoms with Gasteiger partial charge in [0.25, 0.3) is 0 Å². The Morgan fingerprint density at radius 3 is 2.53 bits per heavy atom. The molecule has 2 rings (SSSR count). The average Bonchev–Trinajstić information content (AvgIpc) is 2.79. The molecule has 1 saturated carbocycles. The summed E-state index contributed by atoms with van der Waals surface area (Å²) in [6.45, 7) is 2.99. The zero-order valence-corrected chi connectivity index (χ0v) is 10.5. The predicted octanol–water partition coefficient (Wildman–Crippen LogP) is 1.65. The van der Waals surface area contributed by atoms with Crippen molar-refractivity contribution in [3.63, 3.8) is 0 Å². The van der Waals surface area contributed by atoms with Gasteiger partial charge in [0.1, 0.15) is 5.60 Å². The third-order valence-electron chi connectivity index (χ3n) is 4.26. The molecule has 0 amide bonds. The molecule has 1 aliphatic heterocycles. The van der Waals surface area contributed by atoms with Crippen molar-refractivity contribution < 1.29 is 19.4 Å². The number of hydrogen-bond acceptors (Lipinski definition) is 4. The molecule has 2 aliphatic rings. The highest BCUT2D eigenvalue weighted by Crippen LogP contribution is 2.49. The molecule has 1 unspecified atom stereocenters. The SMILES string of the molecule is CCOC(=O)C1(C2(O)CCOC2)CCCCC1. The second-order valence-corrected chi connectivity index (χ2v) is 5.20. The fourth-order valence-corrected chi connectivity index (χ4v) is 3.22. The van der Waals surface area contributed by atoms with Crippen molar-refractivity contribution in [1.82, 2.24) is 0 Å². The van der Waals surface area contributed by atoms with Crippen LogP contribution in [0.2, 0.25) is 0 Å². The Kier molecular flexibility index (Phi) is 3.73.